The minimum absolute atomic E-state index is 1.01. The van der Waals surface area contributed by atoms with Crippen molar-refractivity contribution < 1.29 is 0 Å². The van der Waals surface area contributed by atoms with E-state index in [1.54, 1.807) is 3.58 Å². The first-order valence-corrected chi connectivity index (χ1v) is 16.5. The Morgan fingerprint density at radius 2 is 1.65 bits per heavy atom. The molecule has 1 fully saturated rings. The average molecular weight is 338 g/mol. The molecule has 93 valence electrons. The zero-order valence-electron chi connectivity index (χ0n) is 11.2. The van der Waals surface area contributed by atoms with Crippen molar-refractivity contribution in [2.75, 3.05) is 26.2 Å². The summed E-state index contributed by atoms with van der Waals surface area (Å²) in [7, 11) is 0. The van der Waals surface area contributed by atoms with Crippen molar-refractivity contribution in [1.29, 1.82) is 0 Å². The minimum atomic E-state index is -1.85. The van der Waals surface area contributed by atoms with Crippen molar-refractivity contribution in [3.05, 3.63) is 29.8 Å². The number of hydrogen-bond donors (Lipinski definition) is 0. The van der Waals surface area contributed by atoms with Gasteiger partial charge in [0, 0.05) is 0 Å². The van der Waals surface area contributed by atoms with E-state index in [9.17, 15) is 0 Å². The summed E-state index contributed by atoms with van der Waals surface area (Å²) < 4.78 is 1.62. The molecule has 1 radical (unpaired) electrons. The average Bonchev–Trinajstić information content (AvgIpc) is 2.30. The molecule has 2 nitrogen and oxygen atoms in total. The molecule has 1 aromatic rings. The topological polar surface area (TPSA) is 17.3 Å². The molecule has 3 heteroatoms. The SMILES string of the molecule is [CH3][Sn]([CH3])([CH3])[c]1ccc(CN2CC[N]CC2)cc1. The Labute approximate surface area is 109 Å². The van der Waals surface area contributed by atoms with Crippen LogP contribution in [-0.2, 0) is 6.54 Å². The number of rotatable bonds is 3. The number of benzene rings is 1. The Hall–Kier alpha value is -0.0613. The van der Waals surface area contributed by atoms with Gasteiger partial charge in [-0.3, -0.25) is 0 Å². The molecule has 0 bridgehead atoms. The summed E-state index contributed by atoms with van der Waals surface area (Å²) >= 11 is -1.85. The van der Waals surface area contributed by atoms with Crippen LogP contribution in [-0.4, -0.2) is 49.5 Å². The summed E-state index contributed by atoms with van der Waals surface area (Å²) in [6.07, 6.45) is 0. The Morgan fingerprint density at radius 3 is 2.18 bits per heavy atom. The van der Waals surface area contributed by atoms with Crippen molar-refractivity contribution in [2.45, 2.75) is 21.4 Å². The van der Waals surface area contributed by atoms with Crippen LogP contribution in [0.25, 0.3) is 0 Å². The van der Waals surface area contributed by atoms with Gasteiger partial charge in [-0.2, -0.15) is 0 Å². The van der Waals surface area contributed by atoms with Crippen LogP contribution in [0.1, 0.15) is 5.56 Å². The van der Waals surface area contributed by atoms with E-state index in [4.69, 9.17) is 0 Å². The van der Waals surface area contributed by atoms with E-state index in [1.807, 2.05) is 0 Å². The normalized spacial score (nSPS) is 18.3. The molecular weight excluding hydrogens is 315 g/mol. The van der Waals surface area contributed by atoms with E-state index >= 15 is 0 Å². The maximum absolute atomic E-state index is 4.38. The second-order valence-corrected chi connectivity index (χ2v) is 20.4. The van der Waals surface area contributed by atoms with E-state index < -0.39 is 18.4 Å². The molecule has 0 aromatic heterocycles. The Bertz CT molecular complexity index is 347. The second-order valence-electron chi connectivity index (χ2n) is 5.89. The molecular formula is C14H23N2Sn. The first kappa shape index (κ1) is 13.4. The monoisotopic (exact) mass is 339 g/mol. The fourth-order valence-electron chi connectivity index (χ4n) is 2.17. The van der Waals surface area contributed by atoms with Gasteiger partial charge in [-0.1, -0.05) is 0 Å². The van der Waals surface area contributed by atoms with E-state index in [1.165, 1.54) is 5.56 Å². The van der Waals surface area contributed by atoms with Gasteiger partial charge in [0.2, 0.25) is 0 Å². The first-order valence-electron chi connectivity index (χ1n) is 6.51. The maximum atomic E-state index is 4.38. The molecule has 2 rings (SSSR count). The van der Waals surface area contributed by atoms with E-state index in [2.05, 4.69) is 49.3 Å². The first-order chi connectivity index (χ1) is 8.05. The zero-order chi connectivity index (χ0) is 12.3. The van der Waals surface area contributed by atoms with Crippen LogP contribution in [0.5, 0.6) is 0 Å². The number of hydrogen-bond acceptors (Lipinski definition) is 1. The third-order valence-electron chi connectivity index (χ3n) is 3.37. The van der Waals surface area contributed by atoms with Crippen LogP contribution in [0.2, 0.25) is 14.8 Å². The predicted molar refractivity (Wildman–Crippen MR) is 76.6 cm³/mol. The van der Waals surface area contributed by atoms with Crippen LogP contribution in [0, 0.1) is 0 Å². The van der Waals surface area contributed by atoms with E-state index in [0.717, 1.165) is 32.7 Å². The molecule has 1 heterocycles. The van der Waals surface area contributed by atoms with Gasteiger partial charge in [-0.15, -0.1) is 0 Å². The number of nitrogens with zero attached hydrogens (tertiary/aromatic N) is 2. The molecule has 1 aliphatic heterocycles. The van der Waals surface area contributed by atoms with Crippen LogP contribution in [0.15, 0.2) is 24.3 Å². The summed E-state index contributed by atoms with van der Waals surface area (Å²) in [4.78, 5) is 9.91. The van der Waals surface area contributed by atoms with Gasteiger partial charge >= 0.3 is 110 Å². The molecule has 1 aliphatic rings. The van der Waals surface area contributed by atoms with E-state index in [0.29, 0.717) is 0 Å². The molecule has 0 aliphatic carbocycles. The molecule has 17 heavy (non-hydrogen) atoms. The van der Waals surface area contributed by atoms with Gasteiger partial charge in [-0.25, -0.2) is 0 Å². The molecule has 0 unspecified atom stereocenters. The zero-order valence-corrected chi connectivity index (χ0v) is 14.1. The molecule has 0 atom stereocenters. The Morgan fingerprint density at radius 1 is 1.06 bits per heavy atom. The van der Waals surface area contributed by atoms with Gasteiger partial charge < -0.3 is 0 Å². The van der Waals surface area contributed by atoms with Crippen LogP contribution in [0.4, 0.5) is 0 Å². The Kier molecular flexibility index (Phi) is 4.50. The van der Waals surface area contributed by atoms with Gasteiger partial charge in [0.05, 0.1) is 0 Å². The third-order valence-corrected chi connectivity index (χ3v) is 9.27. The van der Waals surface area contributed by atoms with E-state index in [-0.39, 0.29) is 0 Å². The van der Waals surface area contributed by atoms with Crippen LogP contribution >= 0.6 is 0 Å². The summed E-state index contributed by atoms with van der Waals surface area (Å²) in [5.74, 6) is 0. The molecule has 1 saturated heterocycles. The quantitative estimate of drug-likeness (QED) is 0.767. The van der Waals surface area contributed by atoms with Crippen molar-refractivity contribution in [2.24, 2.45) is 0 Å². The Balaban J connectivity index is 1.98. The van der Waals surface area contributed by atoms with Gasteiger partial charge in [0.1, 0.15) is 0 Å². The molecule has 1 aromatic carbocycles. The van der Waals surface area contributed by atoms with Gasteiger partial charge in [0.15, 0.2) is 0 Å². The van der Waals surface area contributed by atoms with Crippen molar-refractivity contribution >= 4 is 22.0 Å². The van der Waals surface area contributed by atoms with Crippen molar-refractivity contribution in [1.82, 2.24) is 10.2 Å². The standard InChI is InChI=1S/C11H14N2.3CH3.Sn/c1-2-4-11(5-3-1)10-13-8-6-12-7-9-13;;;;/h2-5H,6-10H2;3*1H3;. The van der Waals surface area contributed by atoms with Crippen molar-refractivity contribution in [3.63, 3.8) is 0 Å². The van der Waals surface area contributed by atoms with Crippen molar-refractivity contribution in [3.8, 4) is 0 Å². The molecule has 0 amide bonds. The fourth-order valence-corrected chi connectivity index (χ4v) is 5.50. The summed E-state index contributed by atoms with van der Waals surface area (Å²) in [6.45, 7) is 5.36. The predicted octanol–water partition coefficient (Wildman–Crippen LogP) is 1.65. The van der Waals surface area contributed by atoms with Gasteiger partial charge in [-0.05, 0) is 0 Å². The number of piperazine rings is 1. The summed E-state index contributed by atoms with van der Waals surface area (Å²) in [6, 6.07) is 9.37. The third kappa shape index (κ3) is 3.97. The van der Waals surface area contributed by atoms with Gasteiger partial charge in [0.25, 0.3) is 0 Å². The van der Waals surface area contributed by atoms with Crippen LogP contribution in [0.3, 0.4) is 0 Å². The molecule has 0 saturated carbocycles. The molecule has 0 spiro atoms. The summed E-state index contributed by atoms with van der Waals surface area (Å²) in [5, 5.41) is 4.38. The second kappa shape index (κ2) is 5.72. The summed E-state index contributed by atoms with van der Waals surface area (Å²) in [5.41, 5.74) is 1.45. The molecule has 0 N–H and O–H groups in total. The van der Waals surface area contributed by atoms with Crippen LogP contribution < -0.4 is 8.90 Å². The fraction of sp³-hybridized carbons (Fsp3) is 0.571.